The Hall–Kier alpha value is -2.68. The SMILES string of the molecule is Fc1cccc(-c2ccc(OCc3ccccc3)cc2F)c1. The van der Waals surface area contributed by atoms with Crippen LogP contribution in [0.1, 0.15) is 5.56 Å². The number of hydrogen-bond donors (Lipinski definition) is 0. The topological polar surface area (TPSA) is 9.23 Å². The van der Waals surface area contributed by atoms with Crippen LogP contribution in [0.25, 0.3) is 11.1 Å². The fraction of sp³-hybridized carbons (Fsp3) is 0.0526. The van der Waals surface area contributed by atoms with Gasteiger partial charge in [-0.1, -0.05) is 42.5 Å². The Morgan fingerprint density at radius 3 is 2.32 bits per heavy atom. The molecule has 0 radical (unpaired) electrons. The molecule has 3 rings (SSSR count). The van der Waals surface area contributed by atoms with Crippen molar-refractivity contribution >= 4 is 0 Å². The molecule has 0 atom stereocenters. The van der Waals surface area contributed by atoms with Gasteiger partial charge in [0.25, 0.3) is 0 Å². The minimum atomic E-state index is -0.434. The second kappa shape index (κ2) is 6.39. The van der Waals surface area contributed by atoms with Crippen LogP contribution in [-0.2, 0) is 6.61 Å². The fourth-order valence-electron chi connectivity index (χ4n) is 2.22. The summed E-state index contributed by atoms with van der Waals surface area (Å²) < 4.78 is 33.0. The number of benzene rings is 3. The quantitative estimate of drug-likeness (QED) is 0.642. The maximum atomic E-state index is 14.2. The van der Waals surface area contributed by atoms with Crippen molar-refractivity contribution in [1.29, 1.82) is 0 Å². The molecular weight excluding hydrogens is 282 g/mol. The third-order valence-corrected chi connectivity index (χ3v) is 3.32. The lowest BCUT2D eigenvalue weighted by atomic mass is 10.0. The zero-order valence-corrected chi connectivity index (χ0v) is 11.8. The lowest BCUT2D eigenvalue weighted by molar-refractivity contribution is 0.304. The lowest BCUT2D eigenvalue weighted by Crippen LogP contribution is -1.96. The zero-order chi connectivity index (χ0) is 15.4. The third kappa shape index (κ3) is 3.31. The summed E-state index contributed by atoms with van der Waals surface area (Å²) in [6.45, 7) is 0.375. The molecule has 0 aliphatic carbocycles. The summed E-state index contributed by atoms with van der Waals surface area (Å²) in [6, 6.07) is 20.1. The Morgan fingerprint density at radius 1 is 0.773 bits per heavy atom. The van der Waals surface area contributed by atoms with E-state index in [0.29, 0.717) is 23.5 Å². The smallest absolute Gasteiger partial charge is 0.134 e. The van der Waals surface area contributed by atoms with Gasteiger partial charge in [0.2, 0.25) is 0 Å². The number of halogens is 2. The van der Waals surface area contributed by atoms with Crippen molar-refractivity contribution in [2.45, 2.75) is 6.61 Å². The van der Waals surface area contributed by atoms with Crippen LogP contribution in [-0.4, -0.2) is 0 Å². The summed E-state index contributed by atoms with van der Waals surface area (Å²) in [7, 11) is 0. The number of ether oxygens (including phenoxy) is 1. The van der Waals surface area contributed by atoms with Crippen LogP contribution in [0.4, 0.5) is 8.78 Å². The van der Waals surface area contributed by atoms with Gasteiger partial charge in [-0.2, -0.15) is 0 Å². The highest BCUT2D eigenvalue weighted by Gasteiger charge is 2.08. The minimum absolute atomic E-state index is 0.353. The Morgan fingerprint density at radius 2 is 1.59 bits per heavy atom. The monoisotopic (exact) mass is 296 g/mol. The van der Waals surface area contributed by atoms with Crippen molar-refractivity contribution in [2.24, 2.45) is 0 Å². The lowest BCUT2D eigenvalue weighted by Gasteiger charge is -2.09. The van der Waals surface area contributed by atoms with Crippen LogP contribution in [0, 0.1) is 11.6 Å². The molecular formula is C19H14F2O. The van der Waals surface area contributed by atoms with Gasteiger partial charge in [0, 0.05) is 11.6 Å². The normalized spacial score (nSPS) is 10.5. The molecule has 3 heteroatoms. The van der Waals surface area contributed by atoms with Crippen LogP contribution < -0.4 is 4.74 Å². The third-order valence-electron chi connectivity index (χ3n) is 3.32. The molecule has 0 amide bonds. The molecule has 110 valence electrons. The molecule has 0 saturated heterocycles. The van der Waals surface area contributed by atoms with E-state index in [1.165, 1.54) is 18.2 Å². The molecule has 3 aromatic carbocycles. The Balaban J connectivity index is 1.77. The average molecular weight is 296 g/mol. The minimum Gasteiger partial charge on any atom is -0.489 e. The largest absolute Gasteiger partial charge is 0.489 e. The maximum Gasteiger partial charge on any atom is 0.134 e. The van der Waals surface area contributed by atoms with E-state index < -0.39 is 5.82 Å². The van der Waals surface area contributed by atoms with E-state index >= 15 is 0 Å². The van der Waals surface area contributed by atoms with Crippen molar-refractivity contribution < 1.29 is 13.5 Å². The molecule has 0 heterocycles. The van der Waals surface area contributed by atoms with Crippen LogP contribution in [0.15, 0.2) is 72.8 Å². The van der Waals surface area contributed by atoms with Crippen molar-refractivity contribution in [3.63, 3.8) is 0 Å². The van der Waals surface area contributed by atoms with Gasteiger partial charge in [-0.05, 0) is 35.4 Å². The number of hydrogen-bond acceptors (Lipinski definition) is 1. The summed E-state index contributed by atoms with van der Waals surface area (Å²) in [5.41, 5.74) is 1.87. The Labute approximate surface area is 127 Å². The van der Waals surface area contributed by atoms with Crippen LogP contribution >= 0.6 is 0 Å². The molecule has 0 spiro atoms. The van der Waals surface area contributed by atoms with Crippen LogP contribution in [0.2, 0.25) is 0 Å². The van der Waals surface area contributed by atoms with E-state index in [1.54, 1.807) is 24.3 Å². The highest BCUT2D eigenvalue weighted by Crippen LogP contribution is 2.27. The molecule has 3 aromatic rings. The standard InChI is InChI=1S/C19H14F2O/c20-16-8-4-7-15(11-16)18-10-9-17(12-19(18)21)22-13-14-5-2-1-3-6-14/h1-12H,13H2. The maximum absolute atomic E-state index is 14.2. The highest BCUT2D eigenvalue weighted by atomic mass is 19.1. The molecule has 0 N–H and O–H groups in total. The number of rotatable bonds is 4. The molecule has 0 fully saturated rings. The van der Waals surface area contributed by atoms with Crippen molar-refractivity contribution in [2.75, 3.05) is 0 Å². The fourth-order valence-corrected chi connectivity index (χ4v) is 2.22. The predicted octanol–water partition coefficient (Wildman–Crippen LogP) is 5.21. The van der Waals surface area contributed by atoms with E-state index in [2.05, 4.69) is 0 Å². The van der Waals surface area contributed by atoms with Crippen molar-refractivity contribution in [3.8, 4) is 16.9 Å². The van der Waals surface area contributed by atoms with Gasteiger partial charge in [0.1, 0.15) is 24.0 Å². The van der Waals surface area contributed by atoms with Crippen LogP contribution in [0.3, 0.4) is 0 Å². The second-order valence-electron chi connectivity index (χ2n) is 4.93. The molecule has 22 heavy (non-hydrogen) atoms. The van der Waals surface area contributed by atoms with E-state index in [0.717, 1.165) is 5.56 Å². The summed E-state index contributed by atoms with van der Waals surface area (Å²) >= 11 is 0. The average Bonchev–Trinajstić information content (AvgIpc) is 2.54. The van der Waals surface area contributed by atoms with Crippen LogP contribution in [0.5, 0.6) is 5.75 Å². The Kier molecular flexibility index (Phi) is 4.15. The summed E-state index contributed by atoms with van der Waals surface area (Å²) in [6.07, 6.45) is 0. The van der Waals surface area contributed by atoms with Crippen molar-refractivity contribution in [1.82, 2.24) is 0 Å². The van der Waals surface area contributed by atoms with Gasteiger partial charge in [-0.25, -0.2) is 8.78 Å². The highest BCUT2D eigenvalue weighted by molar-refractivity contribution is 5.65. The van der Waals surface area contributed by atoms with E-state index in [9.17, 15) is 8.78 Å². The first kappa shape index (κ1) is 14.3. The van der Waals surface area contributed by atoms with Gasteiger partial charge in [0.05, 0.1) is 0 Å². The molecule has 0 aromatic heterocycles. The van der Waals surface area contributed by atoms with Gasteiger partial charge in [-0.3, -0.25) is 0 Å². The first-order valence-electron chi connectivity index (χ1n) is 6.94. The molecule has 0 unspecified atom stereocenters. The summed E-state index contributed by atoms with van der Waals surface area (Å²) in [4.78, 5) is 0. The van der Waals surface area contributed by atoms with Crippen molar-refractivity contribution in [3.05, 3.63) is 90.0 Å². The molecule has 1 nitrogen and oxygen atoms in total. The van der Waals surface area contributed by atoms with Gasteiger partial charge in [-0.15, -0.1) is 0 Å². The first-order chi connectivity index (χ1) is 10.7. The van der Waals surface area contributed by atoms with Gasteiger partial charge < -0.3 is 4.74 Å². The molecule has 0 aliphatic rings. The van der Waals surface area contributed by atoms with E-state index in [4.69, 9.17) is 4.74 Å². The first-order valence-corrected chi connectivity index (χ1v) is 6.94. The zero-order valence-electron chi connectivity index (χ0n) is 11.8. The molecule has 0 bridgehead atoms. The predicted molar refractivity (Wildman–Crippen MR) is 82.6 cm³/mol. The Bertz CT molecular complexity index is 769. The van der Waals surface area contributed by atoms with E-state index in [1.807, 2.05) is 30.3 Å². The van der Waals surface area contributed by atoms with E-state index in [-0.39, 0.29) is 5.82 Å². The summed E-state index contributed by atoms with van der Waals surface area (Å²) in [5, 5.41) is 0. The second-order valence-corrected chi connectivity index (χ2v) is 4.93. The summed E-state index contributed by atoms with van der Waals surface area (Å²) in [5.74, 6) is -0.376. The van der Waals surface area contributed by atoms with Gasteiger partial charge >= 0.3 is 0 Å². The molecule has 0 aliphatic heterocycles. The molecule has 0 saturated carbocycles. The van der Waals surface area contributed by atoms with Gasteiger partial charge in [0.15, 0.2) is 0 Å².